The molecule has 1 N–H and O–H groups in total. The lowest BCUT2D eigenvalue weighted by molar-refractivity contribution is 0.415. The molecule has 112 valence electrons. The SMILES string of the molecule is COc1cccc(-c2n[nH]c(=S)n2N=Cc2ccc(Br)s2)c1. The number of methoxy groups -OCH3 is 1. The fraction of sp³-hybridized carbons (Fsp3) is 0.0714. The minimum absolute atomic E-state index is 0.435. The minimum atomic E-state index is 0.435. The lowest BCUT2D eigenvalue weighted by atomic mass is 10.2. The maximum absolute atomic E-state index is 5.25. The van der Waals surface area contributed by atoms with Crippen LogP contribution in [-0.2, 0) is 0 Å². The number of aromatic nitrogens is 3. The van der Waals surface area contributed by atoms with Crippen LogP contribution in [0.15, 0.2) is 45.3 Å². The van der Waals surface area contributed by atoms with Gasteiger partial charge in [0.2, 0.25) is 4.77 Å². The van der Waals surface area contributed by atoms with Crippen molar-refractivity contribution in [2.45, 2.75) is 0 Å². The van der Waals surface area contributed by atoms with Crippen LogP contribution in [-0.4, -0.2) is 28.2 Å². The van der Waals surface area contributed by atoms with Gasteiger partial charge in [0.25, 0.3) is 0 Å². The molecule has 0 amide bonds. The molecule has 0 radical (unpaired) electrons. The van der Waals surface area contributed by atoms with Crippen molar-refractivity contribution in [1.82, 2.24) is 14.9 Å². The topological polar surface area (TPSA) is 55.2 Å². The molecule has 0 bridgehead atoms. The Hall–Kier alpha value is -1.77. The summed E-state index contributed by atoms with van der Waals surface area (Å²) >= 11 is 10.3. The second-order valence-corrected chi connectivity index (χ2v) is 7.16. The van der Waals surface area contributed by atoms with Gasteiger partial charge in [0, 0.05) is 10.4 Å². The van der Waals surface area contributed by atoms with Crippen LogP contribution in [0.4, 0.5) is 0 Å². The van der Waals surface area contributed by atoms with Gasteiger partial charge in [0.15, 0.2) is 5.82 Å². The van der Waals surface area contributed by atoms with Crippen LogP contribution in [0.2, 0.25) is 0 Å². The van der Waals surface area contributed by atoms with E-state index in [4.69, 9.17) is 17.0 Å². The predicted octanol–water partition coefficient (Wildman–Crippen LogP) is 4.32. The molecule has 0 aliphatic heterocycles. The molecule has 22 heavy (non-hydrogen) atoms. The molecule has 5 nitrogen and oxygen atoms in total. The standard InChI is InChI=1S/C14H11BrN4OS2/c1-20-10-4-2-3-9(7-10)13-17-18-14(21)19(13)16-8-11-5-6-12(15)22-11/h2-8H,1H3,(H,18,21). The Balaban J connectivity index is 2.00. The van der Waals surface area contributed by atoms with Gasteiger partial charge >= 0.3 is 0 Å². The van der Waals surface area contributed by atoms with Gasteiger partial charge in [-0.15, -0.1) is 11.3 Å². The molecule has 0 atom stereocenters. The van der Waals surface area contributed by atoms with Crippen LogP contribution in [0, 0.1) is 4.77 Å². The molecule has 3 aromatic rings. The van der Waals surface area contributed by atoms with Crippen molar-refractivity contribution in [3.05, 3.63) is 49.8 Å². The predicted molar refractivity (Wildman–Crippen MR) is 94.4 cm³/mol. The Morgan fingerprint density at radius 2 is 2.27 bits per heavy atom. The summed E-state index contributed by atoms with van der Waals surface area (Å²) in [5.74, 6) is 1.39. The summed E-state index contributed by atoms with van der Waals surface area (Å²) in [6, 6.07) is 11.6. The molecule has 0 unspecified atom stereocenters. The van der Waals surface area contributed by atoms with Gasteiger partial charge in [-0.1, -0.05) is 12.1 Å². The molecular formula is C14H11BrN4OS2. The average molecular weight is 395 g/mol. The average Bonchev–Trinajstić information content (AvgIpc) is 3.11. The lowest BCUT2D eigenvalue weighted by Gasteiger charge is -2.03. The zero-order valence-corrected chi connectivity index (χ0v) is 14.7. The number of thiophene rings is 1. The molecule has 0 saturated heterocycles. The van der Waals surface area contributed by atoms with E-state index in [1.54, 1.807) is 29.3 Å². The van der Waals surface area contributed by atoms with Gasteiger partial charge in [-0.05, 0) is 52.4 Å². The molecule has 3 rings (SSSR count). The molecule has 2 aromatic heterocycles. The van der Waals surface area contributed by atoms with Gasteiger partial charge in [0.1, 0.15) is 5.75 Å². The number of hydrogen-bond acceptors (Lipinski definition) is 5. The Kier molecular flexibility index (Phi) is 4.51. The minimum Gasteiger partial charge on any atom is -0.497 e. The fourth-order valence-corrected chi connectivity index (χ4v) is 3.33. The van der Waals surface area contributed by atoms with Gasteiger partial charge in [0.05, 0.1) is 17.1 Å². The summed E-state index contributed by atoms with van der Waals surface area (Å²) in [4.78, 5) is 1.02. The van der Waals surface area contributed by atoms with Crippen molar-refractivity contribution in [3.63, 3.8) is 0 Å². The Morgan fingerprint density at radius 1 is 1.41 bits per heavy atom. The Morgan fingerprint density at radius 3 is 3.00 bits per heavy atom. The highest BCUT2D eigenvalue weighted by molar-refractivity contribution is 9.11. The van der Waals surface area contributed by atoms with Gasteiger partial charge in [-0.25, -0.2) is 5.10 Å². The third kappa shape index (κ3) is 3.18. The largest absolute Gasteiger partial charge is 0.497 e. The first kappa shape index (κ1) is 15.1. The number of rotatable bonds is 4. The summed E-state index contributed by atoms with van der Waals surface area (Å²) in [5, 5.41) is 11.4. The molecule has 0 aliphatic carbocycles. The van der Waals surface area contributed by atoms with E-state index in [0.717, 1.165) is 20.0 Å². The third-order valence-electron chi connectivity index (χ3n) is 2.87. The van der Waals surface area contributed by atoms with Gasteiger partial charge < -0.3 is 4.74 Å². The number of ether oxygens (including phenoxy) is 1. The van der Waals surface area contributed by atoms with Crippen molar-refractivity contribution in [2.75, 3.05) is 7.11 Å². The normalized spacial score (nSPS) is 11.2. The van der Waals surface area contributed by atoms with E-state index in [2.05, 4.69) is 31.2 Å². The number of aromatic amines is 1. The van der Waals surface area contributed by atoms with Crippen LogP contribution < -0.4 is 4.74 Å². The van der Waals surface area contributed by atoms with Gasteiger partial charge in [-0.2, -0.15) is 14.9 Å². The number of nitrogens with one attached hydrogen (secondary N) is 1. The van der Waals surface area contributed by atoms with E-state index in [0.29, 0.717) is 10.6 Å². The van der Waals surface area contributed by atoms with E-state index in [9.17, 15) is 0 Å². The molecule has 0 spiro atoms. The third-order valence-corrected chi connectivity index (χ3v) is 4.70. The van der Waals surface area contributed by atoms with Crippen molar-refractivity contribution >= 4 is 45.7 Å². The first-order valence-corrected chi connectivity index (χ1v) is 8.30. The van der Waals surface area contributed by atoms with Crippen LogP contribution >= 0.6 is 39.5 Å². The van der Waals surface area contributed by atoms with Crippen molar-refractivity contribution in [1.29, 1.82) is 0 Å². The molecule has 1 aromatic carbocycles. The maximum Gasteiger partial charge on any atom is 0.216 e. The second kappa shape index (κ2) is 6.55. The number of nitrogens with zero attached hydrogens (tertiary/aromatic N) is 3. The molecule has 0 saturated carbocycles. The number of H-pyrrole nitrogens is 1. The zero-order valence-electron chi connectivity index (χ0n) is 11.5. The summed E-state index contributed by atoms with van der Waals surface area (Å²) in [6.45, 7) is 0. The van der Waals surface area contributed by atoms with Crippen molar-refractivity contribution < 1.29 is 4.74 Å². The van der Waals surface area contributed by atoms with Crippen LogP contribution in [0.3, 0.4) is 0 Å². The molecule has 0 aliphatic rings. The smallest absolute Gasteiger partial charge is 0.216 e. The number of hydrogen-bond donors (Lipinski definition) is 1. The number of benzene rings is 1. The maximum atomic E-state index is 5.25. The Labute approximate surface area is 144 Å². The lowest BCUT2D eigenvalue weighted by Crippen LogP contribution is -1.94. The van der Waals surface area contributed by atoms with E-state index in [1.165, 1.54) is 0 Å². The van der Waals surface area contributed by atoms with E-state index < -0.39 is 0 Å². The summed E-state index contributed by atoms with van der Waals surface area (Å²) in [5.41, 5.74) is 0.871. The zero-order chi connectivity index (χ0) is 15.5. The fourth-order valence-electron chi connectivity index (χ4n) is 1.86. The first-order chi connectivity index (χ1) is 10.7. The highest BCUT2D eigenvalue weighted by Crippen LogP contribution is 2.23. The first-order valence-electron chi connectivity index (χ1n) is 6.29. The molecular weight excluding hydrogens is 384 g/mol. The summed E-state index contributed by atoms with van der Waals surface area (Å²) in [6.07, 6.45) is 1.75. The molecule has 8 heteroatoms. The highest BCUT2D eigenvalue weighted by atomic mass is 79.9. The van der Waals surface area contributed by atoms with Crippen molar-refractivity contribution in [2.24, 2.45) is 5.10 Å². The van der Waals surface area contributed by atoms with Crippen LogP contribution in [0.1, 0.15) is 4.88 Å². The monoisotopic (exact) mass is 394 g/mol. The van der Waals surface area contributed by atoms with E-state index in [1.807, 2.05) is 36.4 Å². The number of halogens is 1. The molecule has 2 heterocycles. The Bertz CT molecular complexity index is 881. The summed E-state index contributed by atoms with van der Waals surface area (Å²) < 4.78 is 8.32. The highest BCUT2D eigenvalue weighted by Gasteiger charge is 2.09. The van der Waals surface area contributed by atoms with Crippen molar-refractivity contribution in [3.8, 4) is 17.1 Å². The van der Waals surface area contributed by atoms with Crippen LogP contribution in [0.5, 0.6) is 5.75 Å². The van der Waals surface area contributed by atoms with Crippen LogP contribution in [0.25, 0.3) is 11.4 Å². The quantitative estimate of drug-likeness (QED) is 0.529. The van der Waals surface area contributed by atoms with E-state index in [-0.39, 0.29) is 0 Å². The summed E-state index contributed by atoms with van der Waals surface area (Å²) in [7, 11) is 1.63. The van der Waals surface area contributed by atoms with E-state index >= 15 is 0 Å². The molecule has 0 fully saturated rings. The van der Waals surface area contributed by atoms with Gasteiger partial charge in [-0.3, -0.25) is 0 Å². The second-order valence-electron chi connectivity index (χ2n) is 4.28.